The Labute approximate surface area is 321 Å². The Morgan fingerprint density at radius 2 is 1.31 bits per heavy atom. The topological polar surface area (TPSA) is 3.24 Å². The maximum Gasteiger partial charge on any atom is 0.329 e. The highest BCUT2D eigenvalue weighted by Crippen LogP contribution is 2.66. The number of aryl methyl sites for hydroxylation is 1. The van der Waals surface area contributed by atoms with E-state index in [1.165, 1.54) is 113 Å². The second-order valence-corrected chi connectivity index (χ2v) is 18.1. The minimum absolute atomic E-state index is 0.126. The standard InChI is InChI=1S/C52H48BN/c1-4-5-6-17-33-30-37-36-20-15-25-44-49(36)54(46-27-12-11-23-42(46)52(44)40-21-9-7-18-34(40)35-19-8-10-22-41(35)52)53-45-26-16-24-43-47(45)39(38(31-33)48(37)53)32-50(2)28-13-14-29-51(43,50)3/h7-12,15-16,18-27,30-31,39H,4-6,13-14,17,28-29,32H2,1-3H3. The van der Waals surface area contributed by atoms with Crippen LogP contribution in [0.4, 0.5) is 11.4 Å². The molecule has 6 aromatic rings. The van der Waals surface area contributed by atoms with Gasteiger partial charge in [0.05, 0.1) is 5.41 Å². The third-order valence-electron chi connectivity index (χ3n) is 15.8. The van der Waals surface area contributed by atoms with Gasteiger partial charge in [0, 0.05) is 22.9 Å². The summed E-state index contributed by atoms with van der Waals surface area (Å²) in [7, 11) is 0. The van der Waals surface area contributed by atoms with Gasteiger partial charge in [-0.3, -0.25) is 0 Å². The molecule has 0 bridgehead atoms. The number of hydrogen-bond acceptors (Lipinski definition) is 1. The van der Waals surface area contributed by atoms with E-state index in [4.69, 9.17) is 0 Å². The van der Waals surface area contributed by atoms with E-state index in [1.54, 1.807) is 27.6 Å². The number of benzene rings is 6. The first kappa shape index (κ1) is 31.5. The first-order chi connectivity index (χ1) is 26.5. The summed E-state index contributed by atoms with van der Waals surface area (Å²) in [6.45, 7) is 7.76. The Morgan fingerprint density at radius 3 is 2.11 bits per heavy atom. The molecule has 3 atom stereocenters. The van der Waals surface area contributed by atoms with Gasteiger partial charge in [0.25, 0.3) is 0 Å². The molecule has 1 fully saturated rings. The molecule has 1 saturated carbocycles. The van der Waals surface area contributed by atoms with Gasteiger partial charge in [0.1, 0.15) is 0 Å². The molecule has 264 valence electrons. The van der Waals surface area contributed by atoms with Gasteiger partial charge in [-0.1, -0.05) is 162 Å². The average Bonchev–Trinajstić information content (AvgIpc) is 3.50. The number of hydrogen-bond donors (Lipinski definition) is 0. The normalized spacial score (nSPS) is 23.8. The van der Waals surface area contributed by atoms with E-state index >= 15 is 0 Å². The highest BCUT2D eigenvalue weighted by Gasteiger charge is 2.59. The van der Waals surface area contributed by atoms with Crippen LogP contribution in [0.15, 0.2) is 121 Å². The minimum Gasteiger partial charge on any atom is -0.376 e. The van der Waals surface area contributed by atoms with E-state index in [0.29, 0.717) is 11.3 Å². The predicted molar refractivity (Wildman–Crippen MR) is 226 cm³/mol. The molecular weight excluding hydrogens is 649 g/mol. The van der Waals surface area contributed by atoms with Crippen LogP contribution in [0.2, 0.25) is 0 Å². The summed E-state index contributed by atoms with van der Waals surface area (Å²) < 4.78 is 0. The zero-order valence-electron chi connectivity index (χ0n) is 32.0. The average molecular weight is 698 g/mol. The summed E-state index contributed by atoms with van der Waals surface area (Å²) in [6, 6.07) is 48.2. The molecule has 6 aliphatic rings. The first-order valence-corrected chi connectivity index (χ1v) is 21.0. The number of fused-ring (bicyclic) bond motifs is 15. The van der Waals surface area contributed by atoms with Gasteiger partial charge in [-0.25, -0.2) is 0 Å². The van der Waals surface area contributed by atoms with Crippen LogP contribution in [0.25, 0.3) is 22.3 Å². The zero-order chi connectivity index (χ0) is 36.0. The Kier molecular flexibility index (Phi) is 6.37. The quantitative estimate of drug-likeness (QED) is 0.131. The monoisotopic (exact) mass is 697 g/mol. The molecule has 0 saturated heterocycles. The lowest BCUT2D eigenvalue weighted by Crippen LogP contribution is -2.65. The van der Waals surface area contributed by atoms with Crippen molar-refractivity contribution in [2.75, 3.05) is 4.81 Å². The van der Waals surface area contributed by atoms with Gasteiger partial charge >= 0.3 is 6.85 Å². The number of nitrogens with zero attached hydrogens (tertiary/aromatic N) is 1. The molecular formula is C52H48BN. The lowest BCUT2D eigenvalue weighted by Gasteiger charge is -2.59. The van der Waals surface area contributed by atoms with Crippen molar-refractivity contribution in [3.8, 4) is 22.3 Å². The van der Waals surface area contributed by atoms with Crippen LogP contribution < -0.4 is 15.7 Å². The lowest BCUT2D eigenvalue weighted by atomic mass is 9.36. The fourth-order valence-corrected chi connectivity index (χ4v) is 13.2. The highest BCUT2D eigenvalue weighted by molar-refractivity contribution is 6.92. The second-order valence-electron chi connectivity index (χ2n) is 18.1. The van der Waals surface area contributed by atoms with Crippen LogP contribution in [0, 0.1) is 5.41 Å². The molecule has 0 N–H and O–H groups in total. The van der Waals surface area contributed by atoms with Crippen molar-refractivity contribution in [1.29, 1.82) is 0 Å². The molecule has 0 aromatic heterocycles. The smallest absolute Gasteiger partial charge is 0.329 e. The summed E-state index contributed by atoms with van der Waals surface area (Å²) in [6.07, 6.45) is 11.5. The molecule has 1 spiro atoms. The third-order valence-corrected chi connectivity index (χ3v) is 15.8. The van der Waals surface area contributed by atoms with Gasteiger partial charge in [0.2, 0.25) is 0 Å². The first-order valence-electron chi connectivity index (χ1n) is 21.0. The fraction of sp³-hybridized carbons (Fsp3) is 0.308. The van der Waals surface area contributed by atoms with E-state index in [1.807, 2.05) is 0 Å². The van der Waals surface area contributed by atoms with Crippen molar-refractivity contribution in [2.24, 2.45) is 5.41 Å². The van der Waals surface area contributed by atoms with Gasteiger partial charge in [-0.05, 0) is 121 Å². The van der Waals surface area contributed by atoms with Crippen LogP contribution in [-0.4, -0.2) is 6.85 Å². The van der Waals surface area contributed by atoms with Gasteiger partial charge in [-0.2, -0.15) is 0 Å². The second kappa shape index (κ2) is 10.9. The number of rotatable bonds is 4. The van der Waals surface area contributed by atoms with Crippen molar-refractivity contribution in [3.63, 3.8) is 0 Å². The Bertz CT molecular complexity index is 2530. The van der Waals surface area contributed by atoms with Gasteiger partial charge < -0.3 is 4.81 Å². The summed E-state index contributed by atoms with van der Waals surface area (Å²) in [5, 5.41) is 0. The maximum absolute atomic E-state index is 2.83. The van der Waals surface area contributed by atoms with E-state index in [-0.39, 0.29) is 12.3 Å². The molecule has 6 aromatic carbocycles. The van der Waals surface area contributed by atoms with Crippen molar-refractivity contribution in [1.82, 2.24) is 0 Å². The van der Waals surface area contributed by atoms with E-state index in [0.717, 1.165) is 6.42 Å². The molecule has 0 radical (unpaired) electrons. The van der Waals surface area contributed by atoms with Crippen molar-refractivity contribution < 1.29 is 0 Å². The zero-order valence-corrected chi connectivity index (χ0v) is 32.0. The molecule has 1 nitrogen and oxygen atoms in total. The van der Waals surface area contributed by atoms with Crippen LogP contribution in [0.1, 0.15) is 123 Å². The molecule has 3 heterocycles. The van der Waals surface area contributed by atoms with Crippen LogP contribution in [0.5, 0.6) is 0 Å². The number of anilines is 2. The molecule has 3 unspecified atom stereocenters. The van der Waals surface area contributed by atoms with Crippen molar-refractivity contribution in [2.45, 2.75) is 95.3 Å². The Balaban J connectivity index is 1.21. The minimum atomic E-state index is -0.393. The summed E-state index contributed by atoms with van der Waals surface area (Å²) in [5.41, 5.74) is 23.8. The fourth-order valence-electron chi connectivity index (χ4n) is 13.2. The predicted octanol–water partition coefficient (Wildman–Crippen LogP) is 11.7. The highest BCUT2D eigenvalue weighted by atomic mass is 15.1. The van der Waals surface area contributed by atoms with Gasteiger partial charge in [-0.15, -0.1) is 0 Å². The Hall–Kier alpha value is -4.82. The SMILES string of the molecule is CCCCCc1cc2c3c(c1)C1CC4(C)CCCCC4(C)c4cccc(c41)B3N1c3ccccc3C3(c4ccccc4-c4ccccc43)c3cccc-2c31. The van der Waals surface area contributed by atoms with E-state index in [9.17, 15) is 0 Å². The van der Waals surface area contributed by atoms with E-state index < -0.39 is 5.41 Å². The lowest BCUT2D eigenvalue weighted by molar-refractivity contribution is 0.0603. The number of unbranched alkanes of at least 4 members (excludes halogenated alkanes) is 2. The number of para-hydroxylation sites is 2. The van der Waals surface area contributed by atoms with Crippen LogP contribution in [0.3, 0.4) is 0 Å². The maximum atomic E-state index is 2.83. The summed E-state index contributed by atoms with van der Waals surface area (Å²) in [5.74, 6) is 0.438. The Morgan fingerprint density at radius 1 is 0.648 bits per heavy atom. The van der Waals surface area contributed by atoms with Crippen LogP contribution >= 0.6 is 0 Å². The molecule has 54 heavy (non-hydrogen) atoms. The van der Waals surface area contributed by atoms with Crippen molar-refractivity contribution >= 4 is 29.1 Å². The molecule has 3 aliphatic heterocycles. The third kappa shape index (κ3) is 3.64. The summed E-state index contributed by atoms with van der Waals surface area (Å²) >= 11 is 0. The van der Waals surface area contributed by atoms with Crippen LogP contribution in [-0.2, 0) is 17.3 Å². The molecule has 12 rings (SSSR count). The summed E-state index contributed by atoms with van der Waals surface area (Å²) in [4.78, 5) is 2.83. The van der Waals surface area contributed by atoms with Crippen molar-refractivity contribution in [3.05, 3.63) is 166 Å². The molecule has 2 heteroatoms. The molecule has 0 amide bonds. The van der Waals surface area contributed by atoms with E-state index in [2.05, 4.69) is 147 Å². The largest absolute Gasteiger partial charge is 0.376 e. The molecule has 3 aliphatic carbocycles. The van der Waals surface area contributed by atoms with Gasteiger partial charge in [0.15, 0.2) is 0 Å².